The molecule has 0 bridgehead atoms. The van der Waals surface area contributed by atoms with Crippen LogP contribution in [0.5, 0.6) is 0 Å². The van der Waals surface area contributed by atoms with Gasteiger partial charge in [-0.15, -0.1) is 11.3 Å². The predicted molar refractivity (Wildman–Crippen MR) is 72.1 cm³/mol. The number of amides is 1. The lowest BCUT2D eigenvalue weighted by Gasteiger charge is -2.10. The summed E-state index contributed by atoms with van der Waals surface area (Å²) < 4.78 is 0. The van der Waals surface area contributed by atoms with Crippen molar-refractivity contribution in [2.24, 2.45) is 0 Å². The van der Waals surface area contributed by atoms with E-state index >= 15 is 0 Å². The summed E-state index contributed by atoms with van der Waals surface area (Å²) in [6, 6.07) is 1.60. The van der Waals surface area contributed by atoms with Crippen molar-refractivity contribution in [1.82, 2.24) is 15.3 Å². The molecule has 0 spiro atoms. The molecule has 0 radical (unpaired) electrons. The van der Waals surface area contributed by atoms with Crippen LogP contribution in [-0.2, 0) is 0 Å². The minimum Gasteiger partial charge on any atom is -0.351 e. The molecule has 0 aliphatic rings. The standard InChI is InChI=1S/C12H12ClN3OS/c1-8(12-15-4-5-18-12)6-16-11(17)9-2-3-14-7-10(9)13/h2-5,7-8H,6H2,1H3,(H,16,17). The van der Waals surface area contributed by atoms with Crippen LogP contribution in [0.4, 0.5) is 0 Å². The Morgan fingerprint density at radius 1 is 1.56 bits per heavy atom. The third-order valence-electron chi connectivity index (χ3n) is 2.46. The van der Waals surface area contributed by atoms with Crippen molar-refractivity contribution in [1.29, 1.82) is 0 Å². The second-order valence-electron chi connectivity index (χ2n) is 3.84. The van der Waals surface area contributed by atoms with Gasteiger partial charge in [-0.1, -0.05) is 18.5 Å². The van der Waals surface area contributed by atoms with Gasteiger partial charge in [0.25, 0.3) is 5.91 Å². The van der Waals surface area contributed by atoms with Crippen molar-refractivity contribution in [3.63, 3.8) is 0 Å². The Morgan fingerprint density at radius 2 is 2.39 bits per heavy atom. The van der Waals surface area contributed by atoms with Crippen LogP contribution in [0.3, 0.4) is 0 Å². The number of nitrogens with one attached hydrogen (secondary N) is 1. The Labute approximate surface area is 114 Å². The molecule has 2 aromatic rings. The van der Waals surface area contributed by atoms with E-state index in [0.717, 1.165) is 5.01 Å². The van der Waals surface area contributed by atoms with Crippen molar-refractivity contribution < 1.29 is 4.79 Å². The molecule has 1 unspecified atom stereocenters. The van der Waals surface area contributed by atoms with Crippen molar-refractivity contribution in [2.45, 2.75) is 12.8 Å². The Hall–Kier alpha value is -1.46. The second-order valence-corrected chi connectivity index (χ2v) is 5.17. The summed E-state index contributed by atoms with van der Waals surface area (Å²) >= 11 is 7.48. The zero-order chi connectivity index (χ0) is 13.0. The summed E-state index contributed by atoms with van der Waals surface area (Å²) in [6.45, 7) is 2.55. The van der Waals surface area contributed by atoms with Gasteiger partial charge in [-0.3, -0.25) is 9.78 Å². The topological polar surface area (TPSA) is 54.9 Å². The number of hydrogen-bond acceptors (Lipinski definition) is 4. The number of carbonyl (C=O) groups excluding carboxylic acids is 1. The Bertz CT molecular complexity index is 530. The number of hydrogen-bond donors (Lipinski definition) is 1. The van der Waals surface area contributed by atoms with Gasteiger partial charge in [-0.25, -0.2) is 4.98 Å². The molecular weight excluding hydrogens is 270 g/mol. The van der Waals surface area contributed by atoms with Crippen LogP contribution in [-0.4, -0.2) is 22.4 Å². The van der Waals surface area contributed by atoms with Gasteiger partial charge in [-0.2, -0.15) is 0 Å². The van der Waals surface area contributed by atoms with E-state index < -0.39 is 0 Å². The molecule has 1 amide bonds. The normalized spacial score (nSPS) is 12.1. The van der Waals surface area contributed by atoms with Crippen LogP contribution in [0.15, 0.2) is 30.0 Å². The molecule has 0 aliphatic carbocycles. The smallest absolute Gasteiger partial charge is 0.252 e. The Kier molecular flexibility index (Phi) is 4.28. The van der Waals surface area contributed by atoms with Crippen molar-refractivity contribution in [3.05, 3.63) is 45.6 Å². The van der Waals surface area contributed by atoms with E-state index in [1.54, 1.807) is 29.8 Å². The molecule has 0 saturated heterocycles. The first-order valence-electron chi connectivity index (χ1n) is 5.45. The summed E-state index contributed by atoms with van der Waals surface area (Å²) in [4.78, 5) is 20.0. The van der Waals surface area contributed by atoms with Gasteiger partial charge in [0.1, 0.15) is 0 Å². The van der Waals surface area contributed by atoms with Gasteiger partial charge >= 0.3 is 0 Å². The van der Waals surface area contributed by atoms with Gasteiger partial charge in [0.2, 0.25) is 0 Å². The van der Waals surface area contributed by atoms with Gasteiger partial charge in [0.05, 0.1) is 15.6 Å². The van der Waals surface area contributed by atoms with Gasteiger partial charge in [-0.05, 0) is 6.07 Å². The molecule has 2 rings (SSSR count). The zero-order valence-electron chi connectivity index (χ0n) is 9.76. The molecule has 2 heterocycles. The van der Waals surface area contributed by atoms with E-state index in [9.17, 15) is 4.79 Å². The average Bonchev–Trinajstić information content (AvgIpc) is 2.90. The van der Waals surface area contributed by atoms with Crippen molar-refractivity contribution >= 4 is 28.8 Å². The van der Waals surface area contributed by atoms with Crippen LogP contribution in [0, 0.1) is 0 Å². The molecule has 18 heavy (non-hydrogen) atoms. The van der Waals surface area contributed by atoms with Crippen molar-refractivity contribution in [3.8, 4) is 0 Å². The SMILES string of the molecule is CC(CNC(=O)c1ccncc1Cl)c1nccs1. The van der Waals surface area contributed by atoms with Gasteiger partial charge in [0, 0.05) is 36.4 Å². The highest BCUT2D eigenvalue weighted by atomic mass is 35.5. The molecule has 94 valence electrons. The molecule has 0 fully saturated rings. The van der Waals surface area contributed by atoms with E-state index in [1.165, 1.54) is 6.20 Å². The van der Waals surface area contributed by atoms with Gasteiger partial charge < -0.3 is 5.32 Å². The average molecular weight is 282 g/mol. The molecule has 2 aromatic heterocycles. The summed E-state index contributed by atoms with van der Waals surface area (Å²) in [7, 11) is 0. The Morgan fingerprint density at radius 3 is 3.06 bits per heavy atom. The fourth-order valence-corrected chi connectivity index (χ4v) is 2.37. The zero-order valence-corrected chi connectivity index (χ0v) is 11.3. The van der Waals surface area contributed by atoms with E-state index in [-0.39, 0.29) is 11.8 Å². The number of carbonyl (C=O) groups is 1. The number of thiazole rings is 1. The molecular formula is C12H12ClN3OS. The van der Waals surface area contributed by atoms with E-state index in [1.807, 2.05) is 12.3 Å². The fourth-order valence-electron chi connectivity index (χ4n) is 1.47. The summed E-state index contributed by atoms with van der Waals surface area (Å²) in [5, 5.41) is 6.14. The summed E-state index contributed by atoms with van der Waals surface area (Å²) in [5.41, 5.74) is 0.443. The van der Waals surface area contributed by atoms with Crippen LogP contribution in [0.2, 0.25) is 5.02 Å². The third kappa shape index (κ3) is 3.05. The maximum atomic E-state index is 11.9. The van der Waals surface area contributed by atoms with Gasteiger partial charge in [0.15, 0.2) is 0 Å². The quantitative estimate of drug-likeness (QED) is 0.937. The summed E-state index contributed by atoms with van der Waals surface area (Å²) in [6.07, 6.45) is 4.77. The van der Waals surface area contributed by atoms with Crippen molar-refractivity contribution in [2.75, 3.05) is 6.54 Å². The minimum absolute atomic E-state index is 0.189. The first-order valence-corrected chi connectivity index (χ1v) is 6.71. The molecule has 1 N–H and O–H groups in total. The number of nitrogens with zero attached hydrogens (tertiary/aromatic N) is 2. The summed E-state index contributed by atoms with van der Waals surface area (Å²) in [5.74, 6) is 0.000342. The number of halogens is 1. The minimum atomic E-state index is -0.189. The van der Waals surface area contributed by atoms with Crippen LogP contribution in [0.1, 0.15) is 28.2 Å². The predicted octanol–water partition coefficient (Wildman–Crippen LogP) is 2.73. The highest BCUT2D eigenvalue weighted by molar-refractivity contribution is 7.09. The first kappa shape index (κ1) is 13.0. The van der Waals surface area contributed by atoms with E-state index in [4.69, 9.17) is 11.6 Å². The molecule has 0 aromatic carbocycles. The molecule has 0 aliphatic heterocycles. The molecule has 4 nitrogen and oxygen atoms in total. The monoisotopic (exact) mass is 281 g/mol. The lowest BCUT2D eigenvalue weighted by molar-refractivity contribution is 0.0951. The maximum Gasteiger partial charge on any atom is 0.252 e. The number of aromatic nitrogens is 2. The third-order valence-corrected chi connectivity index (χ3v) is 3.77. The van der Waals surface area contributed by atoms with Crippen LogP contribution >= 0.6 is 22.9 Å². The van der Waals surface area contributed by atoms with E-state index in [0.29, 0.717) is 17.1 Å². The van der Waals surface area contributed by atoms with Crippen LogP contribution in [0.25, 0.3) is 0 Å². The Balaban J connectivity index is 1.95. The second kappa shape index (κ2) is 5.93. The fraction of sp³-hybridized carbons (Fsp3) is 0.250. The maximum absolute atomic E-state index is 11.9. The highest BCUT2D eigenvalue weighted by Gasteiger charge is 2.13. The highest BCUT2D eigenvalue weighted by Crippen LogP contribution is 2.17. The first-order chi connectivity index (χ1) is 8.68. The van der Waals surface area contributed by atoms with Crippen LogP contribution < -0.4 is 5.32 Å². The number of pyridine rings is 1. The molecule has 1 atom stereocenters. The molecule has 0 saturated carbocycles. The lowest BCUT2D eigenvalue weighted by atomic mass is 10.2. The number of rotatable bonds is 4. The van der Waals surface area contributed by atoms with E-state index in [2.05, 4.69) is 15.3 Å². The largest absolute Gasteiger partial charge is 0.351 e. The lowest BCUT2D eigenvalue weighted by Crippen LogP contribution is -2.27. The molecule has 6 heteroatoms.